The van der Waals surface area contributed by atoms with Crippen LogP contribution in [0.2, 0.25) is 0 Å². The van der Waals surface area contributed by atoms with Crippen LogP contribution >= 0.6 is 0 Å². The number of carboxylic acids is 1. The van der Waals surface area contributed by atoms with Crippen LogP contribution in [-0.4, -0.2) is 121 Å². The van der Waals surface area contributed by atoms with Crippen molar-refractivity contribution in [3.8, 4) is 0 Å². The molecule has 17 atom stereocenters. The van der Waals surface area contributed by atoms with Crippen LogP contribution in [0.15, 0.2) is 23.3 Å². The first-order valence-electron chi connectivity index (χ1n) is 19.8. The van der Waals surface area contributed by atoms with E-state index in [1.165, 1.54) is 0 Å². The van der Waals surface area contributed by atoms with Crippen molar-refractivity contribution in [3.63, 3.8) is 0 Å². The third-order valence-electron chi connectivity index (χ3n) is 16.6. The largest absolute Gasteiger partial charge is 0.479 e. The monoisotopic (exact) mass is 764 g/mol. The number of fused-ring (bicyclic) bond motifs is 7. The lowest BCUT2D eigenvalue weighted by Crippen LogP contribution is -2.72. The predicted molar refractivity (Wildman–Crippen MR) is 194 cm³/mol. The summed E-state index contributed by atoms with van der Waals surface area (Å²) < 4.78 is 17.7. The molecule has 1 saturated heterocycles. The van der Waals surface area contributed by atoms with Gasteiger partial charge in [0.05, 0.1) is 30.8 Å². The molecule has 0 aromatic rings. The fourth-order valence-corrected chi connectivity index (χ4v) is 13.0. The zero-order valence-electron chi connectivity index (χ0n) is 33.1. The second-order valence-electron chi connectivity index (χ2n) is 19.3. The Morgan fingerprint density at radius 2 is 1.57 bits per heavy atom. The first-order valence-corrected chi connectivity index (χ1v) is 19.8. The minimum absolute atomic E-state index is 0.0616. The zero-order valence-corrected chi connectivity index (χ0v) is 33.1. The highest BCUT2D eigenvalue weighted by atomic mass is 16.7. The minimum atomic E-state index is -1.84. The van der Waals surface area contributed by atoms with E-state index in [9.17, 15) is 50.4 Å². The number of aliphatic carboxylic acids is 1. The molecular weight excluding hydrogens is 700 g/mol. The van der Waals surface area contributed by atoms with Crippen molar-refractivity contribution in [2.24, 2.45) is 50.2 Å². The summed E-state index contributed by atoms with van der Waals surface area (Å²) in [4.78, 5) is 24.8. The van der Waals surface area contributed by atoms with Crippen molar-refractivity contribution >= 4 is 11.9 Å². The maximum Gasteiger partial charge on any atom is 0.335 e. The van der Waals surface area contributed by atoms with Gasteiger partial charge in [-0.2, -0.15) is 0 Å². The van der Waals surface area contributed by atoms with Crippen molar-refractivity contribution in [2.75, 3.05) is 13.2 Å². The van der Waals surface area contributed by atoms with Crippen LogP contribution in [0, 0.1) is 50.2 Å². The van der Waals surface area contributed by atoms with Gasteiger partial charge >= 0.3 is 11.9 Å². The molecule has 8 N–H and O–H groups in total. The van der Waals surface area contributed by atoms with Crippen LogP contribution in [0.1, 0.15) is 100 Å². The van der Waals surface area contributed by atoms with Crippen LogP contribution in [0.5, 0.6) is 0 Å². The molecule has 0 spiro atoms. The normalized spacial score (nSPS) is 51.5. The lowest BCUT2D eigenvalue weighted by molar-refractivity contribution is -0.328. The molecule has 4 saturated carbocycles. The first-order chi connectivity index (χ1) is 25.0. The molecule has 6 aliphatic rings. The Hall–Kier alpha value is -1.94. The SMILES string of the molecule is CC=C(C)C(=O)OC1C(O)C2(CO)C(O)CC3(C)C(=CCC4C5(C)CCC(OC6OC(C(=O)O)C(O)C(O)C6O)C(C)(CO)C5CCC43C)C2CC1(C)C. The van der Waals surface area contributed by atoms with Gasteiger partial charge in [0.25, 0.3) is 0 Å². The van der Waals surface area contributed by atoms with Crippen molar-refractivity contribution in [1.82, 2.24) is 0 Å². The van der Waals surface area contributed by atoms with Crippen molar-refractivity contribution in [2.45, 2.75) is 155 Å². The fraction of sp³-hybridized carbons (Fsp3) is 0.854. The molecule has 0 aromatic carbocycles. The summed E-state index contributed by atoms with van der Waals surface area (Å²) >= 11 is 0. The number of hydrogen-bond donors (Lipinski definition) is 8. The Labute approximate surface area is 318 Å². The Bertz CT molecular complexity index is 1540. The maximum atomic E-state index is 13.0. The van der Waals surface area contributed by atoms with Gasteiger partial charge < -0.3 is 55.1 Å². The number of rotatable bonds is 7. The number of carbonyl (C=O) groups excluding carboxylic acids is 1. The molecule has 5 aliphatic carbocycles. The predicted octanol–water partition coefficient (Wildman–Crippen LogP) is 2.46. The van der Waals surface area contributed by atoms with Crippen molar-refractivity contribution < 1.29 is 64.7 Å². The summed E-state index contributed by atoms with van der Waals surface area (Å²) in [6, 6.07) is 0. The highest BCUT2D eigenvalue weighted by molar-refractivity contribution is 5.87. The number of allylic oxidation sites excluding steroid dienone is 3. The Balaban J connectivity index is 1.32. The van der Waals surface area contributed by atoms with E-state index in [0.29, 0.717) is 44.1 Å². The summed E-state index contributed by atoms with van der Waals surface area (Å²) in [7, 11) is 0. The van der Waals surface area contributed by atoms with Crippen LogP contribution in [0.25, 0.3) is 0 Å². The molecule has 13 heteroatoms. The van der Waals surface area contributed by atoms with Gasteiger partial charge in [-0.1, -0.05) is 59.3 Å². The number of aliphatic hydroxyl groups is 7. The van der Waals surface area contributed by atoms with Crippen LogP contribution in [-0.2, 0) is 23.8 Å². The summed E-state index contributed by atoms with van der Waals surface area (Å²) in [6.45, 7) is 15.4. The average molecular weight is 765 g/mol. The topological polar surface area (TPSA) is 224 Å². The van der Waals surface area contributed by atoms with E-state index in [-0.39, 0.29) is 35.2 Å². The molecule has 6 rings (SSSR count). The third-order valence-corrected chi connectivity index (χ3v) is 16.6. The molecule has 0 aromatic heterocycles. The summed E-state index contributed by atoms with van der Waals surface area (Å²) in [5.74, 6) is -2.35. The molecule has 1 heterocycles. The molecule has 13 nitrogen and oxygen atoms in total. The maximum absolute atomic E-state index is 13.0. The highest BCUT2D eigenvalue weighted by Crippen LogP contribution is 2.76. The van der Waals surface area contributed by atoms with Gasteiger partial charge in [0, 0.05) is 16.4 Å². The summed E-state index contributed by atoms with van der Waals surface area (Å²) in [6.07, 6.45) is -4.63. The second-order valence-corrected chi connectivity index (χ2v) is 19.3. The van der Waals surface area contributed by atoms with Gasteiger partial charge in [-0.3, -0.25) is 0 Å². The van der Waals surface area contributed by atoms with E-state index in [1.807, 2.05) is 20.8 Å². The van der Waals surface area contributed by atoms with Crippen molar-refractivity contribution in [1.29, 1.82) is 0 Å². The van der Waals surface area contributed by atoms with Gasteiger partial charge in [-0.25, -0.2) is 9.59 Å². The van der Waals surface area contributed by atoms with E-state index in [2.05, 4.69) is 26.8 Å². The molecule has 17 unspecified atom stereocenters. The Kier molecular flexibility index (Phi) is 10.7. The first kappa shape index (κ1) is 41.7. The summed E-state index contributed by atoms with van der Waals surface area (Å²) in [5, 5.41) is 87.7. The van der Waals surface area contributed by atoms with E-state index in [0.717, 1.165) is 12.0 Å². The fourth-order valence-electron chi connectivity index (χ4n) is 13.0. The van der Waals surface area contributed by atoms with Gasteiger partial charge in [0.2, 0.25) is 0 Å². The van der Waals surface area contributed by atoms with E-state index in [4.69, 9.17) is 14.2 Å². The number of carboxylic acid groups (broad SMARTS) is 1. The zero-order chi connectivity index (χ0) is 40.1. The quantitative estimate of drug-likeness (QED) is 0.0809. The van der Waals surface area contributed by atoms with Crippen molar-refractivity contribution in [3.05, 3.63) is 23.3 Å². The molecule has 306 valence electrons. The average Bonchev–Trinajstić information content (AvgIpc) is 3.10. The summed E-state index contributed by atoms with van der Waals surface area (Å²) in [5.41, 5.74) is -2.46. The third kappa shape index (κ3) is 5.65. The lowest BCUT2D eigenvalue weighted by atomic mass is 9.33. The second kappa shape index (κ2) is 13.9. The molecular formula is C41H64O13. The van der Waals surface area contributed by atoms with Crippen LogP contribution in [0.4, 0.5) is 0 Å². The standard InChI is InChI=1S/C41H64O13/c1-9-20(2)34(51)54-32-31(48)41(19-43)22(16-36(32,3)4)21-10-11-24-37(5)14-13-26(52-35-29(47)27(45)28(46)30(53-35)33(49)50)38(6,18-42)23(37)12-15-39(24,7)40(21,8)17-25(41)44/h9-10,22-32,35,42-48H,11-19H2,1-8H3,(H,49,50). The van der Waals surface area contributed by atoms with E-state index in [1.54, 1.807) is 19.9 Å². The minimum Gasteiger partial charge on any atom is -0.479 e. The number of hydrogen-bond acceptors (Lipinski definition) is 12. The Morgan fingerprint density at radius 3 is 2.17 bits per heavy atom. The number of esters is 1. The van der Waals surface area contributed by atoms with E-state index >= 15 is 0 Å². The molecule has 5 fully saturated rings. The van der Waals surface area contributed by atoms with Crippen LogP contribution in [0.3, 0.4) is 0 Å². The number of ether oxygens (including phenoxy) is 3. The molecule has 54 heavy (non-hydrogen) atoms. The van der Waals surface area contributed by atoms with Gasteiger partial charge in [0.1, 0.15) is 30.5 Å². The van der Waals surface area contributed by atoms with Gasteiger partial charge in [-0.05, 0) is 92.8 Å². The molecule has 0 bridgehead atoms. The lowest BCUT2D eigenvalue weighted by Gasteiger charge is -2.72. The van der Waals surface area contributed by atoms with E-state index < -0.39 is 95.3 Å². The van der Waals surface area contributed by atoms with Gasteiger partial charge in [-0.15, -0.1) is 0 Å². The number of carbonyl (C=O) groups is 2. The van der Waals surface area contributed by atoms with Crippen LogP contribution < -0.4 is 0 Å². The molecule has 0 radical (unpaired) electrons. The van der Waals surface area contributed by atoms with Gasteiger partial charge in [0.15, 0.2) is 12.4 Å². The number of aliphatic hydroxyl groups excluding tert-OH is 7. The molecule has 1 aliphatic heterocycles. The smallest absolute Gasteiger partial charge is 0.335 e. The Morgan fingerprint density at radius 1 is 0.907 bits per heavy atom. The molecule has 0 amide bonds. The highest BCUT2D eigenvalue weighted by Gasteiger charge is 2.73.